The summed E-state index contributed by atoms with van der Waals surface area (Å²) in [4.78, 5) is 28.4. The van der Waals surface area contributed by atoms with Crippen molar-refractivity contribution in [1.29, 1.82) is 0 Å². The van der Waals surface area contributed by atoms with Gasteiger partial charge in [0.05, 0.1) is 22.7 Å². The van der Waals surface area contributed by atoms with Gasteiger partial charge in [0, 0.05) is 12.6 Å². The summed E-state index contributed by atoms with van der Waals surface area (Å²) in [7, 11) is -2.63. The quantitative estimate of drug-likeness (QED) is 0.334. The van der Waals surface area contributed by atoms with E-state index in [0.29, 0.717) is 5.75 Å². The van der Waals surface area contributed by atoms with E-state index < -0.39 is 28.5 Å². The number of para-hydroxylation sites is 1. The highest BCUT2D eigenvalue weighted by atomic mass is 35.5. The van der Waals surface area contributed by atoms with Crippen molar-refractivity contribution in [3.05, 3.63) is 89.4 Å². The third kappa shape index (κ3) is 7.52. The largest absolute Gasteiger partial charge is 0.497 e. The van der Waals surface area contributed by atoms with Crippen molar-refractivity contribution in [2.24, 2.45) is 0 Å². The normalized spacial score (nSPS) is 12.7. The predicted molar refractivity (Wildman–Crippen MR) is 153 cm³/mol. The number of nitrogens with zero attached hydrogens (tertiary/aromatic N) is 2. The Labute approximate surface area is 235 Å². The van der Waals surface area contributed by atoms with Gasteiger partial charge in [-0.15, -0.1) is 0 Å². The molecule has 0 aliphatic heterocycles. The lowest BCUT2D eigenvalue weighted by molar-refractivity contribution is -0.139. The molecule has 3 aromatic carbocycles. The zero-order valence-corrected chi connectivity index (χ0v) is 24.1. The molecular formula is C29H34ClN3O5S. The number of hydrogen-bond donors (Lipinski definition) is 1. The van der Waals surface area contributed by atoms with Gasteiger partial charge in [-0.05, 0) is 62.2 Å². The van der Waals surface area contributed by atoms with Gasteiger partial charge in [-0.3, -0.25) is 13.9 Å². The fourth-order valence-corrected chi connectivity index (χ4v) is 5.64. The molecule has 208 valence electrons. The van der Waals surface area contributed by atoms with Gasteiger partial charge in [-0.25, -0.2) is 8.42 Å². The van der Waals surface area contributed by atoms with Gasteiger partial charge in [0.1, 0.15) is 18.3 Å². The Balaban J connectivity index is 2.03. The lowest BCUT2D eigenvalue weighted by Gasteiger charge is -2.32. The Hall–Kier alpha value is -3.56. The Bertz CT molecular complexity index is 1380. The monoisotopic (exact) mass is 571 g/mol. The SMILES string of the molecule is CC[C@@H](C)NC(=O)[C@@H](C)N(Cc1cccc(OC)c1)C(=O)CN(c1ccccc1Cl)S(=O)(=O)c1ccccc1. The van der Waals surface area contributed by atoms with Gasteiger partial charge in [-0.2, -0.15) is 0 Å². The number of nitrogens with one attached hydrogen (secondary N) is 1. The van der Waals surface area contributed by atoms with Gasteiger partial charge in [0.15, 0.2) is 0 Å². The predicted octanol–water partition coefficient (Wildman–Crippen LogP) is 4.88. The Morgan fingerprint density at radius 3 is 2.28 bits per heavy atom. The number of amides is 2. The summed E-state index contributed by atoms with van der Waals surface area (Å²) in [5.41, 5.74) is 0.885. The molecule has 0 saturated carbocycles. The Kier molecular flexibility index (Phi) is 10.4. The van der Waals surface area contributed by atoms with Crippen LogP contribution >= 0.6 is 11.6 Å². The summed E-state index contributed by atoms with van der Waals surface area (Å²) in [6.07, 6.45) is 0.720. The van der Waals surface area contributed by atoms with Crippen LogP contribution in [-0.2, 0) is 26.2 Å². The number of benzene rings is 3. The maximum absolute atomic E-state index is 13.9. The standard InChI is InChI=1S/C29H34ClN3O5S/c1-5-21(2)31-29(35)22(3)32(19-23-12-11-13-24(18-23)38-4)28(34)20-33(27-17-10-9-16-26(27)30)39(36,37)25-14-7-6-8-15-25/h6-18,21-22H,5,19-20H2,1-4H3,(H,31,35)/t21-,22-/m1/s1. The first-order chi connectivity index (χ1) is 18.6. The zero-order chi connectivity index (χ0) is 28.6. The first kappa shape index (κ1) is 30.0. The molecule has 0 aliphatic rings. The van der Waals surface area contributed by atoms with E-state index in [9.17, 15) is 18.0 Å². The average Bonchev–Trinajstić information content (AvgIpc) is 2.95. The molecule has 1 N–H and O–H groups in total. The minimum atomic E-state index is -4.18. The third-order valence-electron chi connectivity index (χ3n) is 6.39. The molecule has 0 aliphatic carbocycles. The van der Waals surface area contributed by atoms with Crippen molar-refractivity contribution in [1.82, 2.24) is 10.2 Å². The molecule has 0 fully saturated rings. The number of sulfonamides is 1. The van der Waals surface area contributed by atoms with Crippen LogP contribution in [0.3, 0.4) is 0 Å². The molecule has 0 spiro atoms. The highest BCUT2D eigenvalue weighted by Gasteiger charge is 2.33. The third-order valence-corrected chi connectivity index (χ3v) is 8.48. The van der Waals surface area contributed by atoms with Crippen LogP contribution in [0.4, 0.5) is 5.69 Å². The molecule has 0 bridgehead atoms. The van der Waals surface area contributed by atoms with Crippen LogP contribution < -0.4 is 14.4 Å². The topological polar surface area (TPSA) is 96.0 Å². The van der Waals surface area contributed by atoms with Crippen LogP contribution in [0.5, 0.6) is 5.75 Å². The number of rotatable bonds is 12. The number of carbonyl (C=O) groups is 2. The summed E-state index contributed by atoms with van der Waals surface area (Å²) < 4.78 is 33.9. The summed E-state index contributed by atoms with van der Waals surface area (Å²) in [6.45, 7) is 4.95. The van der Waals surface area contributed by atoms with E-state index in [4.69, 9.17) is 16.3 Å². The molecule has 10 heteroatoms. The molecular weight excluding hydrogens is 538 g/mol. The minimum absolute atomic E-state index is 0.0135. The number of carbonyl (C=O) groups excluding carboxylic acids is 2. The van der Waals surface area contributed by atoms with E-state index in [0.717, 1.165) is 16.3 Å². The second-order valence-corrected chi connectivity index (χ2v) is 11.4. The van der Waals surface area contributed by atoms with Crippen molar-refractivity contribution in [2.75, 3.05) is 18.0 Å². The molecule has 0 saturated heterocycles. The molecule has 8 nitrogen and oxygen atoms in total. The summed E-state index contributed by atoms with van der Waals surface area (Å²) in [6, 6.07) is 20.4. The van der Waals surface area contributed by atoms with Crippen molar-refractivity contribution >= 4 is 39.1 Å². The highest BCUT2D eigenvalue weighted by molar-refractivity contribution is 7.92. The average molecular weight is 572 g/mol. The van der Waals surface area contributed by atoms with Crippen LogP contribution in [-0.4, -0.2) is 50.9 Å². The van der Waals surface area contributed by atoms with E-state index in [1.54, 1.807) is 74.7 Å². The first-order valence-corrected chi connectivity index (χ1v) is 14.4. The lowest BCUT2D eigenvalue weighted by atomic mass is 10.1. The second-order valence-electron chi connectivity index (χ2n) is 9.14. The summed E-state index contributed by atoms with van der Waals surface area (Å²) >= 11 is 6.42. The summed E-state index contributed by atoms with van der Waals surface area (Å²) in [5.74, 6) is -0.305. The smallest absolute Gasteiger partial charge is 0.264 e. The van der Waals surface area contributed by atoms with E-state index in [1.807, 2.05) is 19.9 Å². The fraction of sp³-hybridized carbons (Fsp3) is 0.310. The van der Waals surface area contributed by atoms with Gasteiger partial charge in [0.2, 0.25) is 11.8 Å². The second kappa shape index (κ2) is 13.5. The number of ether oxygens (including phenoxy) is 1. The molecule has 39 heavy (non-hydrogen) atoms. The van der Waals surface area contributed by atoms with Crippen molar-refractivity contribution in [2.45, 2.75) is 50.7 Å². The van der Waals surface area contributed by atoms with Gasteiger partial charge >= 0.3 is 0 Å². The van der Waals surface area contributed by atoms with Crippen molar-refractivity contribution in [3.8, 4) is 5.75 Å². The number of anilines is 1. The van der Waals surface area contributed by atoms with Crippen LogP contribution in [0, 0.1) is 0 Å². The van der Waals surface area contributed by atoms with E-state index >= 15 is 0 Å². The number of halogens is 1. The van der Waals surface area contributed by atoms with E-state index in [1.165, 1.54) is 17.0 Å². The molecule has 3 rings (SSSR count). The van der Waals surface area contributed by atoms with E-state index in [2.05, 4.69) is 5.32 Å². The highest BCUT2D eigenvalue weighted by Crippen LogP contribution is 2.30. The van der Waals surface area contributed by atoms with Crippen LogP contribution in [0.15, 0.2) is 83.8 Å². The summed E-state index contributed by atoms with van der Waals surface area (Å²) in [5, 5.41) is 3.09. The first-order valence-electron chi connectivity index (χ1n) is 12.6. The molecule has 3 aromatic rings. The minimum Gasteiger partial charge on any atom is -0.497 e. The molecule has 0 heterocycles. The Morgan fingerprint density at radius 2 is 1.64 bits per heavy atom. The van der Waals surface area contributed by atoms with Crippen molar-refractivity contribution < 1.29 is 22.7 Å². The maximum atomic E-state index is 13.9. The van der Waals surface area contributed by atoms with Gasteiger partial charge in [0.25, 0.3) is 10.0 Å². The van der Waals surface area contributed by atoms with Gasteiger partial charge < -0.3 is 15.0 Å². The Morgan fingerprint density at radius 1 is 0.974 bits per heavy atom. The fourth-order valence-electron chi connectivity index (χ4n) is 3.90. The molecule has 0 aromatic heterocycles. The van der Waals surface area contributed by atoms with E-state index in [-0.39, 0.29) is 34.1 Å². The number of hydrogen-bond acceptors (Lipinski definition) is 5. The van der Waals surface area contributed by atoms with Crippen LogP contribution in [0.25, 0.3) is 0 Å². The van der Waals surface area contributed by atoms with Crippen LogP contribution in [0.2, 0.25) is 5.02 Å². The molecule has 0 unspecified atom stereocenters. The lowest BCUT2D eigenvalue weighted by Crippen LogP contribution is -2.52. The van der Waals surface area contributed by atoms with Crippen molar-refractivity contribution in [3.63, 3.8) is 0 Å². The van der Waals surface area contributed by atoms with Gasteiger partial charge in [-0.1, -0.05) is 61.0 Å². The number of methoxy groups -OCH3 is 1. The maximum Gasteiger partial charge on any atom is 0.264 e. The molecule has 2 amide bonds. The molecule has 0 radical (unpaired) electrons. The zero-order valence-electron chi connectivity index (χ0n) is 22.5. The van der Waals surface area contributed by atoms with Crippen LogP contribution in [0.1, 0.15) is 32.8 Å². The molecule has 2 atom stereocenters.